The number of rotatable bonds is 6. The summed E-state index contributed by atoms with van der Waals surface area (Å²) in [5.74, 6) is 0.316. The lowest BCUT2D eigenvalue weighted by atomic mass is 10.1. The van der Waals surface area contributed by atoms with Gasteiger partial charge >= 0.3 is 0 Å². The van der Waals surface area contributed by atoms with Crippen molar-refractivity contribution in [3.05, 3.63) is 54.0 Å². The number of unbranched alkanes of at least 4 members (excludes halogenated alkanes) is 2. The number of aromatic nitrogens is 2. The molecule has 0 fully saturated rings. The Kier molecular flexibility index (Phi) is 5.24. The second-order valence-electron chi connectivity index (χ2n) is 4.68. The first-order valence-electron chi connectivity index (χ1n) is 6.97. The zero-order valence-electron chi connectivity index (χ0n) is 11.7. The zero-order valence-corrected chi connectivity index (χ0v) is 11.7. The van der Waals surface area contributed by atoms with Gasteiger partial charge in [0.05, 0.1) is 0 Å². The second-order valence-corrected chi connectivity index (χ2v) is 4.68. The first-order chi connectivity index (χ1) is 9.79. The Hall–Kier alpha value is -2.23. The highest BCUT2D eigenvalue weighted by Gasteiger charge is 2.08. The van der Waals surface area contributed by atoms with Gasteiger partial charge in [-0.25, -0.2) is 4.98 Å². The van der Waals surface area contributed by atoms with Crippen molar-refractivity contribution in [1.82, 2.24) is 9.97 Å². The third-order valence-corrected chi connectivity index (χ3v) is 3.03. The van der Waals surface area contributed by atoms with Crippen LogP contribution in [0.3, 0.4) is 0 Å². The van der Waals surface area contributed by atoms with Crippen LogP contribution in [-0.4, -0.2) is 15.9 Å². The minimum Gasteiger partial charge on any atom is -0.305 e. The molecule has 0 unspecified atom stereocenters. The summed E-state index contributed by atoms with van der Waals surface area (Å²) in [6, 6.07) is 9.21. The van der Waals surface area contributed by atoms with E-state index in [2.05, 4.69) is 22.2 Å². The van der Waals surface area contributed by atoms with Gasteiger partial charge in [-0.1, -0.05) is 25.8 Å². The molecule has 0 aliphatic rings. The number of hydrogen-bond donors (Lipinski definition) is 1. The van der Waals surface area contributed by atoms with Crippen LogP contribution in [0.1, 0.15) is 42.2 Å². The number of nitrogens with zero attached hydrogens (tertiary/aromatic N) is 2. The van der Waals surface area contributed by atoms with Crippen LogP contribution < -0.4 is 5.32 Å². The maximum atomic E-state index is 12.1. The van der Waals surface area contributed by atoms with E-state index >= 15 is 0 Å². The number of anilines is 1. The molecule has 2 aromatic heterocycles. The predicted molar refractivity (Wildman–Crippen MR) is 79.7 cm³/mol. The molecule has 0 aliphatic heterocycles. The Morgan fingerprint density at radius 2 is 2.05 bits per heavy atom. The maximum Gasteiger partial charge on any atom is 0.275 e. The van der Waals surface area contributed by atoms with E-state index < -0.39 is 0 Å². The SMILES string of the molecule is CCCCCc1ccnc(C(=O)Nc2ccccn2)c1. The minimum absolute atomic E-state index is 0.221. The molecule has 1 amide bonds. The van der Waals surface area contributed by atoms with Crippen LogP contribution in [0.25, 0.3) is 0 Å². The van der Waals surface area contributed by atoms with Gasteiger partial charge in [-0.15, -0.1) is 0 Å². The maximum absolute atomic E-state index is 12.1. The molecule has 0 atom stereocenters. The predicted octanol–water partition coefficient (Wildman–Crippen LogP) is 3.46. The van der Waals surface area contributed by atoms with Gasteiger partial charge in [-0.05, 0) is 42.7 Å². The van der Waals surface area contributed by atoms with E-state index in [1.165, 1.54) is 12.8 Å². The molecule has 0 aromatic carbocycles. The highest BCUT2D eigenvalue weighted by molar-refractivity contribution is 6.02. The van der Waals surface area contributed by atoms with Crippen LogP contribution in [0.2, 0.25) is 0 Å². The number of nitrogens with one attached hydrogen (secondary N) is 1. The normalized spacial score (nSPS) is 10.2. The molecular weight excluding hydrogens is 250 g/mol. The van der Waals surface area contributed by atoms with Crippen molar-refractivity contribution >= 4 is 11.7 Å². The molecule has 2 rings (SSSR count). The summed E-state index contributed by atoms with van der Waals surface area (Å²) in [6.07, 6.45) is 7.86. The third-order valence-electron chi connectivity index (χ3n) is 3.03. The van der Waals surface area contributed by atoms with E-state index in [0.29, 0.717) is 11.5 Å². The summed E-state index contributed by atoms with van der Waals surface area (Å²) >= 11 is 0. The third kappa shape index (κ3) is 4.16. The van der Waals surface area contributed by atoms with Crippen molar-refractivity contribution in [2.24, 2.45) is 0 Å². The highest BCUT2D eigenvalue weighted by atomic mass is 16.1. The van der Waals surface area contributed by atoms with Crippen LogP contribution in [-0.2, 0) is 6.42 Å². The van der Waals surface area contributed by atoms with Crippen LogP contribution in [0.5, 0.6) is 0 Å². The van der Waals surface area contributed by atoms with E-state index in [1.807, 2.05) is 24.3 Å². The largest absolute Gasteiger partial charge is 0.305 e. The number of hydrogen-bond acceptors (Lipinski definition) is 3. The standard InChI is InChI=1S/C16H19N3O/c1-2-3-4-7-13-9-11-17-14(12-13)16(20)19-15-8-5-6-10-18-15/h5-6,8-12H,2-4,7H2,1H3,(H,18,19,20). The van der Waals surface area contributed by atoms with Crippen molar-refractivity contribution in [2.75, 3.05) is 5.32 Å². The van der Waals surface area contributed by atoms with Crippen molar-refractivity contribution < 1.29 is 4.79 Å². The Morgan fingerprint density at radius 1 is 1.15 bits per heavy atom. The van der Waals surface area contributed by atoms with Gasteiger partial charge in [-0.3, -0.25) is 9.78 Å². The quantitative estimate of drug-likeness (QED) is 0.817. The van der Waals surface area contributed by atoms with Crippen molar-refractivity contribution in [3.63, 3.8) is 0 Å². The van der Waals surface area contributed by atoms with E-state index in [1.54, 1.807) is 18.5 Å². The summed E-state index contributed by atoms with van der Waals surface area (Å²) in [5, 5.41) is 2.74. The summed E-state index contributed by atoms with van der Waals surface area (Å²) in [5.41, 5.74) is 1.59. The summed E-state index contributed by atoms with van der Waals surface area (Å²) in [7, 11) is 0. The molecule has 20 heavy (non-hydrogen) atoms. The first-order valence-corrected chi connectivity index (χ1v) is 6.97. The molecule has 0 aliphatic carbocycles. The second kappa shape index (κ2) is 7.38. The molecular formula is C16H19N3O. The van der Waals surface area contributed by atoms with Crippen LogP contribution in [0, 0.1) is 0 Å². The number of carbonyl (C=O) groups is 1. The van der Waals surface area contributed by atoms with Gasteiger partial charge in [0.1, 0.15) is 11.5 Å². The molecule has 4 nitrogen and oxygen atoms in total. The van der Waals surface area contributed by atoms with Crippen LogP contribution in [0.15, 0.2) is 42.7 Å². The molecule has 0 saturated heterocycles. The van der Waals surface area contributed by atoms with Gasteiger partial charge < -0.3 is 5.32 Å². The van der Waals surface area contributed by atoms with Crippen molar-refractivity contribution in [2.45, 2.75) is 32.6 Å². The summed E-state index contributed by atoms with van der Waals surface area (Å²) < 4.78 is 0. The fourth-order valence-electron chi connectivity index (χ4n) is 1.95. The fourth-order valence-corrected chi connectivity index (χ4v) is 1.95. The number of pyridine rings is 2. The highest BCUT2D eigenvalue weighted by Crippen LogP contribution is 2.09. The van der Waals surface area contributed by atoms with Gasteiger partial charge in [0.25, 0.3) is 5.91 Å². The van der Waals surface area contributed by atoms with Crippen molar-refractivity contribution in [3.8, 4) is 0 Å². The lowest BCUT2D eigenvalue weighted by Crippen LogP contribution is -2.14. The monoisotopic (exact) mass is 269 g/mol. The fraction of sp³-hybridized carbons (Fsp3) is 0.312. The molecule has 2 aromatic rings. The van der Waals surface area contributed by atoms with E-state index in [4.69, 9.17) is 0 Å². The van der Waals surface area contributed by atoms with E-state index in [-0.39, 0.29) is 5.91 Å². The lowest BCUT2D eigenvalue weighted by Gasteiger charge is -2.05. The molecule has 0 spiro atoms. The van der Waals surface area contributed by atoms with Crippen molar-refractivity contribution in [1.29, 1.82) is 0 Å². The van der Waals surface area contributed by atoms with Crippen LogP contribution >= 0.6 is 0 Å². The van der Waals surface area contributed by atoms with Gasteiger partial charge in [-0.2, -0.15) is 0 Å². The molecule has 0 saturated carbocycles. The Bertz CT molecular complexity index is 555. The van der Waals surface area contributed by atoms with E-state index in [9.17, 15) is 4.79 Å². The van der Waals surface area contributed by atoms with E-state index in [0.717, 1.165) is 18.4 Å². The Labute approximate surface area is 119 Å². The Morgan fingerprint density at radius 3 is 2.80 bits per heavy atom. The lowest BCUT2D eigenvalue weighted by molar-refractivity contribution is 0.102. The molecule has 104 valence electrons. The average molecular weight is 269 g/mol. The number of carbonyl (C=O) groups excluding carboxylic acids is 1. The molecule has 0 radical (unpaired) electrons. The summed E-state index contributed by atoms with van der Waals surface area (Å²) in [6.45, 7) is 2.18. The number of amides is 1. The zero-order chi connectivity index (χ0) is 14.2. The van der Waals surface area contributed by atoms with Crippen LogP contribution in [0.4, 0.5) is 5.82 Å². The smallest absolute Gasteiger partial charge is 0.275 e. The number of aryl methyl sites for hydroxylation is 1. The molecule has 4 heteroatoms. The molecule has 1 N–H and O–H groups in total. The molecule has 0 bridgehead atoms. The molecule has 2 heterocycles. The first kappa shape index (κ1) is 14.2. The van der Waals surface area contributed by atoms with Gasteiger partial charge in [0.2, 0.25) is 0 Å². The summed E-state index contributed by atoms with van der Waals surface area (Å²) in [4.78, 5) is 20.3. The van der Waals surface area contributed by atoms with Gasteiger partial charge in [0, 0.05) is 12.4 Å². The topological polar surface area (TPSA) is 54.9 Å². The Balaban J connectivity index is 2.01. The average Bonchev–Trinajstić information content (AvgIpc) is 2.49. The van der Waals surface area contributed by atoms with Gasteiger partial charge in [0.15, 0.2) is 0 Å². The minimum atomic E-state index is -0.221.